The van der Waals surface area contributed by atoms with E-state index in [4.69, 9.17) is 9.47 Å². The Kier molecular flexibility index (Phi) is 5.74. The zero-order valence-electron chi connectivity index (χ0n) is 10.1. The average molecular weight is 225 g/mol. The molecule has 1 rings (SSSR count). The van der Waals surface area contributed by atoms with Crippen LogP contribution in [0.2, 0.25) is 0 Å². The molecule has 0 aliphatic carbocycles. The molecule has 0 spiro atoms. The summed E-state index contributed by atoms with van der Waals surface area (Å²) in [6.45, 7) is 3.84. The van der Waals surface area contributed by atoms with E-state index in [1.54, 1.807) is 7.11 Å². The molecule has 0 bridgehead atoms. The second kappa shape index (κ2) is 7.14. The van der Waals surface area contributed by atoms with Crippen molar-refractivity contribution in [2.45, 2.75) is 20.0 Å². The summed E-state index contributed by atoms with van der Waals surface area (Å²) in [5, 5.41) is 3.01. The lowest BCUT2D eigenvalue weighted by atomic mass is 10.3. The Hall–Kier alpha value is -1.20. The second-order valence-corrected chi connectivity index (χ2v) is 3.29. The molecule has 16 heavy (non-hydrogen) atoms. The van der Waals surface area contributed by atoms with Gasteiger partial charge < -0.3 is 14.8 Å². The third kappa shape index (κ3) is 4.12. The highest BCUT2D eigenvalue weighted by molar-refractivity contribution is 5.35. The molecule has 1 aromatic rings. The van der Waals surface area contributed by atoms with E-state index in [0.29, 0.717) is 13.2 Å². The molecule has 0 aliphatic heterocycles. The number of aromatic nitrogens is 2. The Morgan fingerprint density at radius 1 is 1.38 bits per heavy atom. The van der Waals surface area contributed by atoms with Gasteiger partial charge in [0.25, 0.3) is 0 Å². The number of hydrogen-bond donors (Lipinski definition) is 1. The fraction of sp³-hybridized carbons (Fsp3) is 0.636. The lowest BCUT2D eigenvalue weighted by molar-refractivity contribution is 0.149. The molecule has 0 aliphatic rings. The molecular formula is C11H19N3O2. The van der Waals surface area contributed by atoms with Crippen molar-refractivity contribution in [3.8, 4) is 0 Å². The van der Waals surface area contributed by atoms with Gasteiger partial charge in [-0.1, -0.05) is 0 Å². The van der Waals surface area contributed by atoms with Crippen LogP contribution in [0.3, 0.4) is 0 Å². The van der Waals surface area contributed by atoms with Gasteiger partial charge in [-0.25, -0.2) is 9.97 Å². The summed E-state index contributed by atoms with van der Waals surface area (Å²) in [6.07, 6.45) is 0.722. The first-order valence-electron chi connectivity index (χ1n) is 5.41. The summed E-state index contributed by atoms with van der Waals surface area (Å²) in [4.78, 5) is 8.73. The van der Waals surface area contributed by atoms with Gasteiger partial charge in [-0.05, 0) is 6.92 Å². The standard InChI is InChI=1S/C11H19N3O2/c1-4-16-6-5-10-13-9(8-15-3)7-11(12-2)14-10/h7H,4-6,8H2,1-3H3,(H,12,13,14). The lowest BCUT2D eigenvalue weighted by Crippen LogP contribution is -2.07. The summed E-state index contributed by atoms with van der Waals surface area (Å²) in [5.74, 6) is 1.60. The highest BCUT2D eigenvalue weighted by Gasteiger charge is 2.03. The first-order valence-corrected chi connectivity index (χ1v) is 5.41. The van der Waals surface area contributed by atoms with Crippen molar-refractivity contribution in [2.24, 2.45) is 0 Å². The zero-order valence-corrected chi connectivity index (χ0v) is 10.1. The number of nitrogens with zero attached hydrogens (tertiary/aromatic N) is 2. The predicted molar refractivity (Wildman–Crippen MR) is 62.5 cm³/mol. The van der Waals surface area contributed by atoms with Crippen LogP contribution in [0.1, 0.15) is 18.4 Å². The fourth-order valence-electron chi connectivity index (χ4n) is 1.32. The molecule has 90 valence electrons. The third-order valence-electron chi connectivity index (χ3n) is 2.05. The summed E-state index contributed by atoms with van der Waals surface area (Å²) in [5.41, 5.74) is 0.883. The monoisotopic (exact) mass is 225 g/mol. The van der Waals surface area contributed by atoms with Crippen LogP contribution in [0.5, 0.6) is 0 Å². The number of methoxy groups -OCH3 is 1. The van der Waals surface area contributed by atoms with E-state index >= 15 is 0 Å². The van der Waals surface area contributed by atoms with E-state index in [-0.39, 0.29) is 0 Å². The molecule has 5 nitrogen and oxygen atoms in total. The Bertz CT molecular complexity index is 318. The number of ether oxygens (including phenoxy) is 2. The van der Waals surface area contributed by atoms with Crippen molar-refractivity contribution in [1.29, 1.82) is 0 Å². The molecule has 0 saturated heterocycles. The molecule has 0 amide bonds. The van der Waals surface area contributed by atoms with Crippen molar-refractivity contribution >= 4 is 5.82 Å². The van der Waals surface area contributed by atoms with Crippen LogP contribution in [-0.4, -0.2) is 37.3 Å². The van der Waals surface area contributed by atoms with Gasteiger partial charge in [-0.15, -0.1) is 0 Å². The van der Waals surface area contributed by atoms with E-state index in [1.807, 2.05) is 20.0 Å². The second-order valence-electron chi connectivity index (χ2n) is 3.29. The Morgan fingerprint density at radius 2 is 2.19 bits per heavy atom. The lowest BCUT2D eigenvalue weighted by Gasteiger charge is -2.07. The summed E-state index contributed by atoms with van der Waals surface area (Å²) >= 11 is 0. The van der Waals surface area contributed by atoms with Gasteiger partial charge >= 0.3 is 0 Å². The summed E-state index contributed by atoms with van der Waals surface area (Å²) < 4.78 is 10.3. The minimum atomic E-state index is 0.499. The quantitative estimate of drug-likeness (QED) is 0.708. The van der Waals surface area contributed by atoms with Gasteiger partial charge in [-0.3, -0.25) is 0 Å². The summed E-state index contributed by atoms with van der Waals surface area (Å²) in [6, 6.07) is 1.88. The van der Waals surface area contributed by atoms with Crippen LogP contribution in [-0.2, 0) is 22.5 Å². The topological polar surface area (TPSA) is 56.3 Å². The van der Waals surface area contributed by atoms with Crippen LogP contribution in [0.15, 0.2) is 6.07 Å². The number of anilines is 1. The molecular weight excluding hydrogens is 206 g/mol. The smallest absolute Gasteiger partial charge is 0.133 e. The van der Waals surface area contributed by atoms with E-state index in [1.165, 1.54) is 0 Å². The van der Waals surface area contributed by atoms with Crippen LogP contribution >= 0.6 is 0 Å². The van der Waals surface area contributed by atoms with Crippen molar-refractivity contribution in [3.05, 3.63) is 17.6 Å². The van der Waals surface area contributed by atoms with Crippen molar-refractivity contribution in [3.63, 3.8) is 0 Å². The molecule has 5 heteroatoms. The maximum Gasteiger partial charge on any atom is 0.133 e. The van der Waals surface area contributed by atoms with Gasteiger partial charge in [0.2, 0.25) is 0 Å². The van der Waals surface area contributed by atoms with Gasteiger partial charge in [0.15, 0.2) is 0 Å². The number of rotatable bonds is 7. The largest absolute Gasteiger partial charge is 0.381 e. The summed E-state index contributed by atoms with van der Waals surface area (Å²) in [7, 11) is 3.49. The fourth-order valence-corrected chi connectivity index (χ4v) is 1.32. The van der Waals surface area contributed by atoms with E-state index < -0.39 is 0 Å². The van der Waals surface area contributed by atoms with Crippen molar-refractivity contribution in [1.82, 2.24) is 9.97 Å². The molecule has 0 aromatic carbocycles. The van der Waals surface area contributed by atoms with Crippen LogP contribution in [0, 0.1) is 0 Å². The SMILES string of the molecule is CCOCCc1nc(COC)cc(NC)n1. The van der Waals surface area contributed by atoms with Crippen molar-refractivity contribution < 1.29 is 9.47 Å². The molecule has 0 radical (unpaired) electrons. The third-order valence-corrected chi connectivity index (χ3v) is 2.05. The molecule has 0 fully saturated rings. The average Bonchev–Trinajstić information content (AvgIpc) is 2.29. The Balaban J connectivity index is 2.69. The molecule has 1 heterocycles. The zero-order chi connectivity index (χ0) is 11.8. The van der Waals surface area contributed by atoms with Crippen LogP contribution in [0.25, 0.3) is 0 Å². The normalized spacial score (nSPS) is 10.4. The molecule has 0 saturated carbocycles. The Morgan fingerprint density at radius 3 is 2.81 bits per heavy atom. The van der Waals surface area contributed by atoms with Gasteiger partial charge in [-0.2, -0.15) is 0 Å². The van der Waals surface area contributed by atoms with Gasteiger partial charge in [0, 0.05) is 33.3 Å². The molecule has 0 atom stereocenters. The minimum Gasteiger partial charge on any atom is -0.381 e. The van der Waals surface area contributed by atoms with E-state index in [2.05, 4.69) is 15.3 Å². The number of nitrogens with one attached hydrogen (secondary N) is 1. The molecule has 1 N–H and O–H groups in total. The van der Waals surface area contributed by atoms with Crippen molar-refractivity contribution in [2.75, 3.05) is 32.7 Å². The highest BCUT2D eigenvalue weighted by Crippen LogP contribution is 2.07. The maximum atomic E-state index is 5.28. The van der Waals surface area contributed by atoms with E-state index in [0.717, 1.165) is 30.4 Å². The molecule has 1 aromatic heterocycles. The van der Waals surface area contributed by atoms with Gasteiger partial charge in [0.1, 0.15) is 11.6 Å². The first kappa shape index (κ1) is 12.9. The minimum absolute atomic E-state index is 0.499. The van der Waals surface area contributed by atoms with Crippen LogP contribution < -0.4 is 5.32 Å². The van der Waals surface area contributed by atoms with Crippen LogP contribution in [0.4, 0.5) is 5.82 Å². The number of hydrogen-bond acceptors (Lipinski definition) is 5. The predicted octanol–water partition coefficient (Wildman–Crippen LogP) is 1.24. The highest BCUT2D eigenvalue weighted by atomic mass is 16.5. The Labute approximate surface area is 96.2 Å². The maximum absolute atomic E-state index is 5.28. The first-order chi connectivity index (χ1) is 7.80. The molecule has 0 unspecified atom stereocenters. The van der Waals surface area contributed by atoms with E-state index in [9.17, 15) is 0 Å². The van der Waals surface area contributed by atoms with Gasteiger partial charge in [0.05, 0.1) is 18.9 Å².